The summed E-state index contributed by atoms with van der Waals surface area (Å²) in [5.41, 5.74) is 0.784. The molecule has 2 amide bonds. The number of carbonyl (C=O) groups excluding carboxylic acids is 4. The van der Waals surface area contributed by atoms with Crippen LogP contribution in [0.2, 0.25) is 0 Å². The zero-order valence-electron chi connectivity index (χ0n) is 19.8. The van der Waals surface area contributed by atoms with Crippen LogP contribution in [0, 0.1) is 18.8 Å². The summed E-state index contributed by atoms with van der Waals surface area (Å²) >= 11 is 0. The Bertz CT molecular complexity index is 1390. The van der Waals surface area contributed by atoms with Crippen LogP contribution >= 0.6 is 0 Å². The van der Waals surface area contributed by atoms with Gasteiger partial charge in [0.05, 0.1) is 31.6 Å². The second-order valence-electron chi connectivity index (χ2n) is 9.50. The van der Waals surface area contributed by atoms with Gasteiger partial charge in [0.2, 0.25) is 29.0 Å². The largest absolute Gasteiger partial charge is 0.497 e. The molecule has 7 nitrogen and oxygen atoms in total. The van der Waals surface area contributed by atoms with Gasteiger partial charge in [-0.1, -0.05) is 66.2 Å². The fourth-order valence-corrected chi connectivity index (χ4v) is 5.70. The Morgan fingerprint density at radius 2 is 1.44 bits per heavy atom. The van der Waals surface area contributed by atoms with E-state index in [1.807, 2.05) is 31.2 Å². The summed E-state index contributed by atoms with van der Waals surface area (Å²) in [4.78, 5) is 56.3. The monoisotopic (exact) mass is 481 g/mol. The Labute approximate surface area is 207 Å². The van der Waals surface area contributed by atoms with Crippen LogP contribution in [0.1, 0.15) is 43.5 Å². The van der Waals surface area contributed by atoms with Gasteiger partial charge in [-0.15, -0.1) is 0 Å². The number of imide groups is 1. The minimum Gasteiger partial charge on any atom is -0.497 e. The Morgan fingerprint density at radius 1 is 0.833 bits per heavy atom. The lowest BCUT2D eigenvalue weighted by Crippen LogP contribution is -2.50. The number of ketones is 2. The molecule has 2 fully saturated rings. The quantitative estimate of drug-likeness (QED) is 0.417. The Kier molecular flexibility index (Phi) is 4.95. The first-order valence-corrected chi connectivity index (χ1v) is 11.8. The maximum absolute atomic E-state index is 13.9. The normalized spacial score (nSPS) is 23.9. The zero-order valence-corrected chi connectivity index (χ0v) is 19.8. The van der Waals surface area contributed by atoms with Gasteiger partial charge in [0, 0.05) is 11.1 Å². The van der Waals surface area contributed by atoms with Gasteiger partial charge >= 0.3 is 0 Å². The molecule has 0 aromatic heterocycles. The minimum atomic E-state index is -2.05. The highest BCUT2D eigenvalue weighted by Crippen LogP contribution is 2.57. The number of methoxy groups -OCH3 is 1. The standard InChI is InChI=1S/C29H23NO6/c1-16-7-11-18(12-8-16)24-22-23(29(36-24)25(31)20-5-3-4-6-21(20)26(29)32)28(34)30(27(22)33)15-17-9-13-19(35-2)14-10-17/h3-14,22-24H,15H2,1-2H3. The predicted octanol–water partition coefficient (Wildman–Crippen LogP) is 3.69. The number of aryl methyl sites for hydroxylation is 1. The zero-order chi connectivity index (χ0) is 25.2. The number of hydrogen-bond donors (Lipinski definition) is 0. The van der Waals surface area contributed by atoms with Crippen molar-refractivity contribution < 1.29 is 28.7 Å². The molecule has 2 aliphatic heterocycles. The van der Waals surface area contributed by atoms with Crippen molar-refractivity contribution >= 4 is 23.4 Å². The molecule has 1 spiro atoms. The van der Waals surface area contributed by atoms with E-state index in [2.05, 4.69) is 0 Å². The molecule has 7 heteroatoms. The molecular weight excluding hydrogens is 458 g/mol. The molecule has 6 rings (SSSR count). The summed E-state index contributed by atoms with van der Waals surface area (Å²) in [6.45, 7) is 1.96. The number of hydrogen-bond acceptors (Lipinski definition) is 6. The minimum absolute atomic E-state index is 0.0285. The molecule has 0 saturated carbocycles. The van der Waals surface area contributed by atoms with E-state index >= 15 is 0 Å². The van der Waals surface area contributed by atoms with E-state index in [1.54, 1.807) is 55.6 Å². The summed E-state index contributed by atoms with van der Waals surface area (Å²) in [5.74, 6) is -3.69. The van der Waals surface area contributed by atoms with E-state index in [1.165, 1.54) is 0 Å². The van der Waals surface area contributed by atoms with E-state index in [0.29, 0.717) is 11.3 Å². The highest BCUT2D eigenvalue weighted by Gasteiger charge is 2.74. The van der Waals surface area contributed by atoms with Crippen molar-refractivity contribution in [1.29, 1.82) is 0 Å². The molecule has 0 N–H and O–H groups in total. The van der Waals surface area contributed by atoms with Gasteiger partial charge in [0.15, 0.2) is 0 Å². The van der Waals surface area contributed by atoms with E-state index in [4.69, 9.17) is 9.47 Å². The van der Waals surface area contributed by atoms with Crippen molar-refractivity contribution in [2.24, 2.45) is 11.8 Å². The van der Waals surface area contributed by atoms with Crippen molar-refractivity contribution in [3.63, 3.8) is 0 Å². The van der Waals surface area contributed by atoms with Crippen LogP contribution in [-0.4, -0.2) is 41.0 Å². The lowest BCUT2D eigenvalue weighted by atomic mass is 9.77. The highest BCUT2D eigenvalue weighted by atomic mass is 16.5. The van der Waals surface area contributed by atoms with Crippen molar-refractivity contribution in [3.8, 4) is 5.75 Å². The van der Waals surface area contributed by atoms with Crippen LogP contribution < -0.4 is 4.74 Å². The first kappa shape index (κ1) is 22.4. The van der Waals surface area contributed by atoms with Crippen molar-refractivity contribution in [2.45, 2.75) is 25.2 Å². The van der Waals surface area contributed by atoms with Crippen LogP contribution in [0.25, 0.3) is 0 Å². The fraction of sp³-hybridized carbons (Fsp3) is 0.241. The first-order chi connectivity index (χ1) is 17.4. The van der Waals surface area contributed by atoms with E-state index in [9.17, 15) is 19.2 Å². The summed E-state index contributed by atoms with van der Waals surface area (Å²) in [5, 5.41) is 0. The first-order valence-electron chi connectivity index (χ1n) is 11.8. The van der Waals surface area contributed by atoms with Crippen molar-refractivity contribution in [1.82, 2.24) is 4.90 Å². The maximum atomic E-state index is 13.9. The molecule has 0 bridgehead atoms. The third-order valence-corrected chi connectivity index (χ3v) is 7.52. The number of fused-ring (bicyclic) bond motifs is 3. The molecule has 3 aromatic carbocycles. The number of benzene rings is 3. The Morgan fingerprint density at radius 3 is 2.03 bits per heavy atom. The summed E-state index contributed by atoms with van der Waals surface area (Å²) in [6.07, 6.45) is -0.907. The predicted molar refractivity (Wildman–Crippen MR) is 128 cm³/mol. The molecule has 3 atom stereocenters. The van der Waals surface area contributed by atoms with E-state index in [0.717, 1.165) is 16.0 Å². The van der Waals surface area contributed by atoms with Gasteiger partial charge in [-0.2, -0.15) is 0 Å². The van der Waals surface area contributed by atoms with E-state index < -0.39 is 46.9 Å². The van der Waals surface area contributed by atoms with E-state index in [-0.39, 0.29) is 17.7 Å². The molecule has 1 aliphatic carbocycles. The third-order valence-electron chi connectivity index (χ3n) is 7.52. The number of ether oxygens (including phenoxy) is 2. The number of Topliss-reactive ketones (excluding diaryl/α,β-unsaturated/α-hetero) is 2. The van der Waals surface area contributed by atoms with Gasteiger partial charge in [0.1, 0.15) is 5.75 Å². The SMILES string of the molecule is COc1ccc(CN2C(=O)C3C(c4ccc(C)cc4)OC4(C(=O)c5ccccc5C4=O)C3C2=O)cc1. The Hall–Kier alpha value is -4.10. The molecule has 3 unspecified atom stereocenters. The summed E-state index contributed by atoms with van der Waals surface area (Å²) in [7, 11) is 1.56. The molecule has 3 aliphatic rings. The van der Waals surface area contributed by atoms with Gasteiger partial charge in [0.25, 0.3) is 0 Å². The fourth-order valence-electron chi connectivity index (χ4n) is 5.70. The molecule has 3 aromatic rings. The van der Waals surface area contributed by atoms with Crippen molar-refractivity contribution in [2.75, 3.05) is 7.11 Å². The number of carbonyl (C=O) groups is 4. The second kappa shape index (κ2) is 7.96. The van der Waals surface area contributed by atoms with Gasteiger partial charge in [-0.05, 0) is 30.2 Å². The molecule has 0 radical (unpaired) electrons. The maximum Gasteiger partial charge on any atom is 0.237 e. The average molecular weight is 482 g/mol. The lowest BCUT2D eigenvalue weighted by molar-refractivity contribution is -0.145. The van der Waals surface area contributed by atoms with Crippen LogP contribution in [0.3, 0.4) is 0 Å². The number of likely N-dealkylation sites (tertiary alicyclic amines) is 1. The van der Waals surface area contributed by atoms with Crippen LogP contribution in [0.4, 0.5) is 0 Å². The van der Waals surface area contributed by atoms with Crippen molar-refractivity contribution in [3.05, 3.63) is 101 Å². The molecular formula is C29H23NO6. The number of amides is 2. The molecule has 36 heavy (non-hydrogen) atoms. The third kappa shape index (κ3) is 2.96. The molecule has 180 valence electrons. The number of rotatable bonds is 4. The van der Waals surface area contributed by atoms with Gasteiger partial charge in [-0.25, -0.2) is 0 Å². The summed E-state index contributed by atoms with van der Waals surface area (Å²) in [6, 6.07) is 20.9. The second-order valence-corrected chi connectivity index (χ2v) is 9.50. The topological polar surface area (TPSA) is 90.0 Å². The van der Waals surface area contributed by atoms with Gasteiger partial charge < -0.3 is 9.47 Å². The van der Waals surface area contributed by atoms with Crippen LogP contribution in [-0.2, 0) is 20.9 Å². The lowest BCUT2D eigenvalue weighted by Gasteiger charge is -2.27. The summed E-state index contributed by atoms with van der Waals surface area (Å²) < 4.78 is 11.5. The molecule has 2 saturated heterocycles. The van der Waals surface area contributed by atoms with Gasteiger partial charge in [-0.3, -0.25) is 24.1 Å². The van der Waals surface area contributed by atoms with Crippen LogP contribution in [0.5, 0.6) is 5.75 Å². The highest BCUT2D eigenvalue weighted by molar-refractivity contribution is 6.35. The Balaban J connectivity index is 1.45. The average Bonchev–Trinajstić information content (AvgIpc) is 3.46. The van der Waals surface area contributed by atoms with Crippen LogP contribution in [0.15, 0.2) is 72.8 Å². The molecule has 2 heterocycles. The smallest absolute Gasteiger partial charge is 0.237 e. The number of nitrogens with zero attached hydrogens (tertiary/aromatic N) is 1.